The molecule has 0 bridgehead atoms. The molecule has 2 nitrogen and oxygen atoms in total. The molecule has 4 aromatic carbocycles. The van der Waals surface area contributed by atoms with Crippen LogP contribution in [-0.2, 0) is 0 Å². The number of nitrogens with zero attached hydrogens (tertiary/aromatic N) is 2. The first kappa shape index (κ1) is 18.0. The Bertz CT molecular complexity index is 1210. The minimum Gasteiger partial charge on any atom is -0.237 e. The third-order valence-electron chi connectivity index (χ3n) is 5.13. The van der Waals surface area contributed by atoms with Crippen molar-refractivity contribution < 1.29 is 0 Å². The summed E-state index contributed by atoms with van der Waals surface area (Å²) in [6, 6.07) is 39.7. The summed E-state index contributed by atoms with van der Waals surface area (Å²) >= 11 is 0. The Labute approximate surface area is 176 Å². The molecule has 30 heavy (non-hydrogen) atoms. The number of hydrogen-bond donors (Lipinski definition) is 0. The molecular weight excluding hydrogens is 364 g/mol. The third-order valence-corrected chi connectivity index (χ3v) is 5.13. The summed E-state index contributed by atoms with van der Waals surface area (Å²) in [7, 11) is 0. The summed E-state index contributed by atoms with van der Waals surface area (Å²) < 4.78 is 0. The lowest BCUT2D eigenvalue weighted by molar-refractivity contribution is 1.18. The zero-order valence-electron chi connectivity index (χ0n) is 16.4. The minimum atomic E-state index is 0.736. The molecule has 1 heterocycles. The Hall–Kier alpha value is -4.04. The highest BCUT2D eigenvalue weighted by atomic mass is 14.9. The summed E-state index contributed by atoms with van der Waals surface area (Å²) in [6.07, 6.45) is 1.84. The molecule has 0 amide bonds. The molecule has 0 saturated heterocycles. The highest BCUT2D eigenvalue weighted by Gasteiger charge is 2.09. The molecule has 0 atom stereocenters. The second kappa shape index (κ2) is 8.14. The summed E-state index contributed by atoms with van der Waals surface area (Å²) in [5, 5.41) is 0. The van der Waals surface area contributed by atoms with Crippen LogP contribution < -0.4 is 0 Å². The fourth-order valence-electron chi connectivity index (χ4n) is 3.62. The van der Waals surface area contributed by atoms with Gasteiger partial charge in [0.25, 0.3) is 0 Å². The van der Waals surface area contributed by atoms with Crippen LogP contribution in [0.25, 0.3) is 44.9 Å². The Morgan fingerprint density at radius 2 is 0.867 bits per heavy atom. The van der Waals surface area contributed by atoms with E-state index in [1.807, 2.05) is 54.7 Å². The average Bonchev–Trinajstić information content (AvgIpc) is 2.85. The van der Waals surface area contributed by atoms with Crippen LogP contribution in [0.3, 0.4) is 0 Å². The van der Waals surface area contributed by atoms with Crippen LogP contribution in [0, 0.1) is 0 Å². The van der Waals surface area contributed by atoms with Crippen molar-refractivity contribution in [1.82, 2.24) is 9.97 Å². The number of aromatic nitrogens is 2. The van der Waals surface area contributed by atoms with Gasteiger partial charge in [-0.15, -0.1) is 0 Å². The van der Waals surface area contributed by atoms with Gasteiger partial charge in [0.1, 0.15) is 0 Å². The van der Waals surface area contributed by atoms with Crippen molar-refractivity contribution in [2.75, 3.05) is 0 Å². The first-order chi connectivity index (χ1) is 14.9. The quantitative estimate of drug-likeness (QED) is 0.329. The maximum atomic E-state index is 4.87. The Balaban J connectivity index is 1.67. The molecule has 0 fully saturated rings. The van der Waals surface area contributed by atoms with E-state index in [1.165, 1.54) is 22.3 Å². The third kappa shape index (κ3) is 3.76. The highest BCUT2D eigenvalue weighted by molar-refractivity contribution is 5.80. The van der Waals surface area contributed by atoms with Gasteiger partial charge in [-0.1, -0.05) is 91.0 Å². The summed E-state index contributed by atoms with van der Waals surface area (Å²) in [5.41, 5.74) is 7.73. The average molecular weight is 384 g/mol. The standard InChI is InChI=1S/C28H20N2/c1-4-10-21(11-5-1)24-18-25(22-12-6-2-7-13-22)20-26(19-24)27-16-17-29-28(30-27)23-14-8-3-9-15-23/h1-20H. The molecular formula is C28H20N2. The van der Waals surface area contributed by atoms with Gasteiger partial charge in [0, 0.05) is 17.3 Å². The van der Waals surface area contributed by atoms with Gasteiger partial charge in [-0.05, 0) is 46.5 Å². The van der Waals surface area contributed by atoms with Crippen LogP contribution >= 0.6 is 0 Å². The van der Waals surface area contributed by atoms with Crippen molar-refractivity contribution in [1.29, 1.82) is 0 Å². The lowest BCUT2D eigenvalue weighted by Crippen LogP contribution is -1.92. The van der Waals surface area contributed by atoms with Crippen molar-refractivity contribution in [3.8, 4) is 44.9 Å². The monoisotopic (exact) mass is 384 g/mol. The van der Waals surface area contributed by atoms with Crippen LogP contribution in [0.2, 0.25) is 0 Å². The van der Waals surface area contributed by atoms with E-state index in [0.717, 1.165) is 22.6 Å². The molecule has 5 rings (SSSR count). The molecule has 0 radical (unpaired) electrons. The van der Waals surface area contributed by atoms with Crippen molar-refractivity contribution >= 4 is 0 Å². The molecule has 142 valence electrons. The molecule has 0 aliphatic rings. The van der Waals surface area contributed by atoms with Crippen LogP contribution in [0.5, 0.6) is 0 Å². The summed E-state index contributed by atoms with van der Waals surface area (Å²) in [6.45, 7) is 0. The predicted molar refractivity (Wildman–Crippen MR) is 124 cm³/mol. The Morgan fingerprint density at radius 1 is 0.400 bits per heavy atom. The first-order valence-electron chi connectivity index (χ1n) is 10.0. The van der Waals surface area contributed by atoms with Crippen LogP contribution in [0.4, 0.5) is 0 Å². The summed E-state index contributed by atoms with van der Waals surface area (Å²) in [4.78, 5) is 9.36. The largest absolute Gasteiger partial charge is 0.237 e. The van der Waals surface area contributed by atoms with Gasteiger partial charge >= 0.3 is 0 Å². The van der Waals surface area contributed by atoms with Gasteiger partial charge in [-0.2, -0.15) is 0 Å². The van der Waals surface area contributed by atoms with E-state index in [2.05, 4.69) is 71.7 Å². The molecule has 1 aromatic heterocycles. The van der Waals surface area contributed by atoms with Crippen molar-refractivity contribution in [3.63, 3.8) is 0 Å². The first-order valence-corrected chi connectivity index (χ1v) is 10.0. The number of hydrogen-bond acceptors (Lipinski definition) is 2. The fourth-order valence-corrected chi connectivity index (χ4v) is 3.62. The number of rotatable bonds is 4. The molecule has 0 aliphatic carbocycles. The highest BCUT2D eigenvalue weighted by Crippen LogP contribution is 2.32. The minimum absolute atomic E-state index is 0.736. The van der Waals surface area contributed by atoms with Gasteiger partial charge in [-0.3, -0.25) is 0 Å². The molecule has 5 aromatic rings. The smallest absolute Gasteiger partial charge is 0.159 e. The summed E-state index contributed by atoms with van der Waals surface area (Å²) in [5.74, 6) is 0.736. The topological polar surface area (TPSA) is 25.8 Å². The lowest BCUT2D eigenvalue weighted by atomic mass is 9.95. The Morgan fingerprint density at radius 3 is 1.40 bits per heavy atom. The van der Waals surface area contributed by atoms with Crippen molar-refractivity contribution in [3.05, 3.63) is 121 Å². The molecule has 0 saturated carbocycles. The van der Waals surface area contributed by atoms with Gasteiger partial charge in [0.15, 0.2) is 5.82 Å². The van der Waals surface area contributed by atoms with E-state index in [4.69, 9.17) is 4.98 Å². The van der Waals surface area contributed by atoms with Crippen molar-refractivity contribution in [2.24, 2.45) is 0 Å². The van der Waals surface area contributed by atoms with Crippen LogP contribution in [-0.4, -0.2) is 9.97 Å². The van der Waals surface area contributed by atoms with Gasteiger partial charge in [-0.25, -0.2) is 9.97 Å². The maximum Gasteiger partial charge on any atom is 0.159 e. The predicted octanol–water partition coefficient (Wildman–Crippen LogP) is 7.14. The van der Waals surface area contributed by atoms with Gasteiger partial charge < -0.3 is 0 Å². The van der Waals surface area contributed by atoms with E-state index in [-0.39, 0.29) is 0 Å². The second-order valence-corrected chi connectivity index (χ2v) is 7.16. The SMILES string of the molecule is c1ccc(-c2cc(-c3ccccc3)cc(-c3ccnc(-c4ccccc4)n3)c2)cc1. The van der Waals surface area contributed by atoms with Crippen LogP contribution in [0.15, 0.2) is 121 Å². The van der Waals surface area contributed by atoms with E-state index in [0.29, 0.717) is 0 Å². The van der Waals surface area contributed by atoms with E-state index in [9.17, 15) is 0 Å². The van der Waals surface area contributed by atoms with Gasteiger partial charge in [0.2, 0.25) is 0 Å². The second-order valence-electron chi connectivity index (χ2n) is 7.16. The molecule has 0 N–H and O–H groups in total. The van der Waals surface area contributed by atoms with E-state index >= 15 is 0 Å². The molecule has 0 unspecified atom stereocenters. The van der Waals surface area contributed by atoms with Gasteiger partial charge in [0.05, 0.1) is 5.69 Å². The van der Waals surface area contributed by atoms with Crippen molar-refractivity contribution in [2.45, 2.75) is 0 Å². The van der Waals surface area contributed by atoms with E-state index < -0.39 is 0 Å². The Kier molecular flexibility index (Phi) is 4.89. The van der Waals surface area contributed by atoms with Crippen LogP contribution in [0.1, 0.15) is 0 Å². The normalized spacial score (nSPS) is 10.7. The maximum absolute atomic E-state index is 4.87. The fraction of sp³-hybridized carbons (Fsp3) is 0. The zero-order chi connectivity index (χ0) is 20.2. The molecule has 0 aliphatic heterocycles. The van der Waals surface area contributed by atoms with E-state index in [1.54, 1.807) is 0 Å². The zero-order valence-corrected chi connectivity index (χ0v) is 16.4. The molecule has 2 heteroatoms. The molecule has 0 spiro atoms. The lowest BCUT2D eigenvalue weighted by Gasteiger charge is -2.11. The number of benzene rings is 4.